The molecule has 9 heteroatoms. The molecule has 0 unspecified atom stereocenters. The summed E-state index contributed by atoms with van der Waals surface area (Å²) in [7, 11) is -3.29. The molecule has 1 amide bonds. The zero-order valence-corrected chi connectivity index (χ0v) is 15.0. The van der Waals surface area contributed by atoms with Crippen LogP contribution in [0.5, 0.6) is 5.75 Å². The molecule has 0 aromatic heterocycles. The standard InChI is InChI=1S/C14H18BrN3O4S/c1-23(21,22)18-6-2-3-10(9-18)14(20)17-16-8-11-7-12(15)4-5-13(11)19/h4-5,7-8,10,19H,2-3,6,9H2,1H3,(H,17,20)/b16-8-/t10-/m0/s1. The molecular formula is C14H18BrN3O4S. The number of amides is 1. The van der Waals surface area contributed by atoms with Gasteiger partial charge in [-0.1, -0.05) is 15.9 Å². The van der Waals surface area contributed by atoms with Gasteiger partial charge in [0.05, 0.1) is 18.4 Å². The zero-order chi connectivity index (χ0) is 17.0. The molecule has 0 aliphatic carbocycles. The quantitative estimate of drug-likeness (QED) is 0.583. The first-order valence-corrected chi connectivity index (χ1v) is 9.68. The molecular weight excluding hydrogens is 386 g/mol. The van der Waals surface area contributed by atoms with Crippen LogP contribution in [0.4, 0.5) is 0 Å². The highest BCUT2D eigenvalue weighted by atomic mass is 79.9. The molecule has 1 heterocycles. The van der Waals surface area contributed by atoms with E-state index in [-0.39, 0.29) is 18.2 Å². The molecule has 1 aliphatic rings. The molecule has 0 bridgehead atoms. The molecule has 0 saturated carbocycles. The van der Waals surface area contributed by atoms with E-state index in [1.165, 1.54) is 16.6 Å². The Balaban J connectivity index is 1.96. The highest BCUT2D eigenvalue weighted by Crippen LogP contribution is 2.20. The van der Waals surface area contributed by atoms with Crippen molar-refractivity contribution < 1.29 is 18.3 Å². The molecule has 1 saturated heterocycles. The molecule has 1 fully saturated rings. The van der Waals surface area contributed by atoms with E-state index >= 15 is 0 Å². The van der Waals surface area contributed by atoms with Gasteiger partial charge in [0.2, 0.25) is 15.9 Å². The Hall–Kier alpha value is -1.45. The molecule has 2 N–H and O–H groups in total. The number of nitrogens with one attached hydrogen (secondary N) is 1. The van der Waals surface area contributed by atoms with Crippen LogP contribution in [0.2, 0.25) is 0 Å². The number of aromatic hydroxyl groups is 1. The van der Waals surface area contributed by atoms with Gasteiger partial charge in [0.15, 0.2) is 0 Å². The Morgan fingerprint density at radius 1 is 1.52 bits per heavy atom. The second-order valence-corrected chi connectivity index (χ2v) is 8.30. The summed E-state index contributed by atoms with van der Waals surface area (Å²) in [6, 6.07) is 4.86. The van der Waals surface area contributed by atoms with Crippen LogP contribution in [0.15, 0.2) is 27.8 Å². The predicted octanol–water partition coefficient (Wildman–Crippen LogP) is 1.28. The number of piperidine rings is 1. The van der Waals surface area contributed by atoms with Gasteiger partial charge in [-0.3, -0.25) is 4.79 Å². The molecule has 23 heavy (non-hydrogen) atoms. The van der Waals surface area contributed by atoms with Crippen molar-refractivity contribution in [3.05, 3.63) is 28.2 Å². The molecule has 0 radical (unpaired) electrons. The third-order valence-electron chi connectivity index (χ3n) is 3.59. The minimum atomic E-state index is -3.29. The number of hydrogen-bond donors (Lipinski definition) is 2. The van der Waals surface area contributed by atoms with Crippen LogP contribution in [-0.4, -0.2) is 49.3 Å². The average Bonchev–Trinajstić information content (AvgIpc) is 2.50. The van der Waals surface area contributed by atoms with Crippen molar-refractivity contribution in [1.29, 1.82) is 0 Å². The van der Waals surface area contributed by atoms with E-state index in [0.717, 1.165) is 10.7 Å². The van der Waals surface area contributed by atoms with E-state index in [1.54, 1.807) is 12.1 Å². The molecule has 1 aromatic rings. The lowest BCUT2D eigenvalue weighted by Crippen LogP contribution is -2.44. The first-order chi connectivity index (χ1) is 10.8. The van der Waals surface area contributed by atoms with Crippen molar-refractivity contribution in [1.82, 2.24) is 9.73 Å². The summed E-state index contributed by atoms with van der Waals surface area (Å²) in [4.78, 5) is 12.1. The predicted molar refractivity (Wildman–Crippen MR) is 90.7 cm³/mol. The van der Waals surface area contributed by atoms with E-state index in [9.17, 15) is 18.3 Å². The van der Waals surface area contributed by atoms with E-state index in [2.05, 4.69) is 26.5 Å². The molecule has 1 aromatic carbocycles. The van der Waals surface area contributed by atoms with Crippen LogP contribution < -0.4 is 5.43 Å². The maximum atomic E-state index is 12.1. The monoisotopic (exact) mass is 403 g/mol. The van der Waals surface area contributed by atoms with Crippen LogP contribution in [-0.2, 0) is 14.8 Å². The zero-order valence-electron chi connectivity index (χ0n) is 12.6. The summed E-state index contributed by atoms with van der Waals surface area (Å²) in [5.41, 5.74) is 2.86. The van der Waals surface area contributed by atoms with Crippen LogP contribution in [0.1, 0.15) is 18.4 Å². The Kier molecular flexibility index (Phi) is 5.77. The van der Waals surface area contributed by atoms with Crippen molar-refractivity contribution in [3.63, 3.8) is 0 Å². The fourth-order valence-corrected chi connectivity index (χ4v) is 3.63. The Labute approximate surface area is 143 Å². The number of hydrogen-bond acceptors (Lipinski definition) is 5. The number of benzene rings is 1. The SMILES string of the molecule is CS(=O)(=O)N1CCC[C@H](C(=O)N/N=C\c2cc(Br)ccc2O)C1. The highest BCUT2D eigenvalue weighted by molar-refractivity contribution is 9.10. The first kappa shape index (κ1) is 17.9. The van der Waals surface area contributed by atoms with Crippen molar-refractivity contribution in [2.75, 3.05) is 19.3 Å². The van der Waals surface area contributed by atoms with Gasteiger partial charge in [0.25, 0.3) is 0 Å². The fraction of sp³-hybridized carbons (Fsp3) is 0.429. The van der Waals surface area contributed by atoms with Gasteiger partial charge in [-0.25, -0.2) is 18.1 Å². The Bertz CT molecular complexity index is 721. The molecule has 1 atom stereocenters. The van der Waals surface area contributed by atoms with Crippen molar-refractivity contribution in [2.24, 2.45) is 11.0 Å². The van der Waals surface area contributed by atoms with Crippen molar-refractivity contribution >= 4 is 38.1 Å². The van der Waals surface area contributed by atoms with Crippen molar-refractivity contribution in [2.45, 2.75) is 12.8 Å². The second-order valence-electron chi connectivity index (χ2n) is 5.40. The molecule has 0 spiro atoms. The van der Waals surface area contributed by atoms with Crippen LogP contribution in [0.3, 0.4) is 0 Å². The van der Waals surface area contributed by atoms with Crippen LogP contribution >= 0.6 is 15.9 Å². The first-order valence-electron chi connectivity index (χ1n) is 7.04. The molecule has 2 rings (SSSR count). The lowest BCUT2D eigenvalue weighted by atomic mass is 9.99. The normalized spacial score (nSPS) is 19.8. The smallest absolute Gasteiger partial charge is 0.244 e. The maximum absolute atomic E-state index is 12.1. The highest BCUT2D eigenvalue weighted by Gasteiger charge is 2.29. The second kappa shape index (κ2) is 7.41. The topological polar surface area (TPSA) is 99.1 Å². The minimum absolute atomic E-state index is 0.0483. The summed E-state index contributed by atoms with van der Waals surface area (Å²) < 4.78 is 25.2. The largest absolute Gasteiger partial charge is 0.507 e. The van der Waals surface area contributed by atoms with E-state index in [1.807, 2.05) is 0 Å². The number of phenolic OH excluding ortho intramolecular Hbond substituents is 1. The summed E-state index contributed by atoms with van der Waals surface area (Å²) in [5.74, 6) is -0.706. The third-order valence-corrected chi connectivity index (χ3v) is 5.35. The van der Waals surface area contributed by atoms with Crippen LogP contribution in [0, 0.1) is 5.92 Å². The van der Waals surface area contributed by atoms with Gasteiger partial charge < -0.3 is 5.11 Å². The maximum Gasteiger partial charge on any atom is 0.244 e. The number of sulfonamides is 1. The molecule has 7 nitrogen and oxygen atoms in total. The van der Waals surface area contributed by atoms with Crippen molar-refractivity contribution in [3.8, 4) is 5.75 Å². The lowest BCUT2D eigenvalue weighted by molar-refractivity contribution is -0.126. The summed E-state index contributed by atoms with van der Waals surface area (Å²) in [6.07, 6.45) is 3.74. The Morgan fingerprint density at radius 3 is 2.96 bits per heavy atom. The number of carbonyl (C=O) groups is 1. The lowest BCUT2D eigenvalue weighted by Gasteiger charge is -2.29. The third kappa shape index (κ3) is 5.02. The van der Waals surface area contributed by atoms with Crippen LogP contribution in [0.25, 0.3) is 0 Å². The summed E-state index contributed by atoms with van der Waals surface area (Å²) >= 11 is 3.28. The number of phenols is 1. The number of rotatable bonds is 4. The number of halogens is 1. The number of hydrazone groups is 1. The van der Waals surface area contributed by atoms with Gasteiger partial charge in [0, 0.05) is 23.1 Å². The summed E-state index contributed by atoms with van der Waals surface area (Å²) in [6.45, 7) is 0.611. The van der Waals surface area contributed by atoms with E-state index in [4.69, 9.17) is 0 Å². The van der Waals surface area contributed by atoms with Gasteiger partial charge in [-0.2, -0.15) is 5.10 Å². The van der Waals surface area contributed by atoms with Gasteiger partial charge in [0.1, 0.15) is 5.75 Å². The molecule has 1 aliphatic heterocycles. The average molecular weight is 404 g/mol. The number of carbonyl (C=O) groups excluding carboxylic acids is 1. The van der Waals surface area contributed by atoms with Gasteiger partial charge in [-0.15, -0.1) is 0 Å². The number of nitrogens with zero attached hydrogens (tertiary/aromatic N) is 2. The van der Waals surface area contributed by atoms with Gasteiger partial charge >= 0.3 is 0 Å². The molecule has 126 valence electrons. The minimum Gasteiger partial charge on any atom is -0.507 e. The fourth-order valence-electron chi connectivity index (χ4n) is 2.34. The summed E-state index contributed by atoms with van der Waals surface area (Å²) in [5, 5.41) is 13.5. The van der Waals surface area contributed by atoms with E-state index in [0.29, 0.717) is 24.9 Å². The Morgan fingerprint density at radius 2 is 2.26 bits per heavy atom. The van der Waals surface area contributed by atoms with Gasteiger partial charge in [-0.05, 0) is 31.0 Å². The van der Waals surface area contributed by atoms with E-state index < -0.39 is 15.9 Å².